The van der Waals surface area contributed by atoms with Crippen molar-refractivity contribution in [3.8, 4) is 11.1 Å². The minimum absolute atomic E-state index is 0.0410. The lowest BCUT2D eigenvalue weighted by atomic mass is 10.0. The molecule has 0 aliphatic carbocycles. The summed E-state index contributed by atoms with van der Waals surface area (Å²) in [6.45, 7) is 5.74. The molecule has 0 saturated carbocycles. The number of imidazole rings is 1. The van der Waals surface area contributed by atoms with Crippen LogP contribution in [0.2, 0.25) is 0 Å². The average Bonchev–Trinajstić information content (AvgIpc) is 3.22. The highest BCUT2D eigenvalue weighted by molar-refractivity contribution is 5.82. The predicted molar refractivity (Wildman–Crippen MR) is 135 cm³/mol. The van der Waals surface area contributed by atoms with E-state index in [1.165, 1.54) is 0 Å². The van der Waals surface area contributed by atoms with Crippen LogP contribution in [0.5, 0.6) is 0 Å². The normalized spacial score (nSPS) is 10.9. The van der Waals surface area contributed by atoms with E-state index in [-0.39, 0.29) is 31.3 Å². The quantitative estimate of drug-likeness (QED) is 0.407. The molecular weight excluding hydrogens is 424 g/mol. The van der Waals surface area contributed by atoms with E-state index in [2.05, 4.69) is 22.4 Å². The summed E-state index contributed by atoms with van der Waals surface area (Å²) in [7, 11) is 0. The van der Waals surface area contributed by atoms with E-state index in [4.69, 9.17) is 0 Å². The molecule has 6 heteroatoms. The minimum atomic E-state index is -0.0823. The van der Waals surface area contributed by atoms with Gasteiger partial charge in [0.05, 0.1) is 24.0 Å². The zero-order chi connectivity index (χ0) is 23.9. The number of fused-ring (bicyclic) bond motifs is 1. The van der Waals surface area contributed by atoms with Gasteiger partial charge in [0.25, 0.3) is 0 Å². The maximum Gasteiger partial charge on any atom is 0.242 e. The van der Waals surface area contributed by atoms with Gasteiger partial charge < -0.3 is 14.8 Å². The SMILES string of the molecule is CCN(CC)C(=O)Cn1c(CNC(=O)Cc2ccc(-c3ccccc3)cc2)nc2ccccc21. The van der Waals surface area contributed by atoms with Gasteiger partial charge in [0.15, 0.2) is 0 Å². The van der Waals surface area contributed by atoms with Gasteiger partial charge >= 0.3 is 0 Å². The number of hydrogen-bond donors (Lipinski definition) is 1. The molecule has 1 aromatic heterocycles. The number of para-hydroxylation sites is 2. The lowest BCUT2D eigenvalue weighted by Gasteiger charge is -2.20. The monoisotopic (exact) mass is 454 g/mol. The summed E-state index contributed by atoms with van der Waals surface area (Å²) in [4.78, 5) is 31.9. The maximum atomic E-state index is 12.8. The molecule has 0 aliphatic heterocycles. The number of amides is 2. The molecule has 34 heavy (non-hydrogen) atoms. The number of carbonyl (C=O) groups excluding carboxylic acids is 2. The van der Waals surface area contributed by atoms with Crippen LogP contribution in [0.4, 0.5) is 0 Å². The summed E-state index contributed by atoms with van der Waals surface area (Å²) in [6.07, 6.45) is 0.285. The van der Waals surface area contributed by atoms with Gasteiger partial charge in [-0.2, -0.15) is 0 Å². The number of rotatable bonds is 9. The topological polar surface area (TPSA) is 67.2 Å². The highest BCUT2D eigenvalue weighted by atomic mass is 16.2. The number of nitrogens with zero attached hydrogens (tertiary/aromatic N) is 3. The van der Waals surface area contributed by atoms with Crippen molar-refractivity contribution >= 4 is 22.8 Å². The van der Waals surface area contributed by atoms with Crippen molar-refractivity contribution in [1.82, 2.24) is 19.8 Å². The molecular formula is C28H30N4O2. The Balaban J connectivity index is 1.43. The molecule has 174 valence electrons. The number of hydrogen-bond acceptors (Lipinski definition) is 3. The molecule has 0 atom stereocenters. The molecule has 0 saturated heterocycles. The van der Waals surface area contributed by atoms with Crippen molar-refractivity contribution in [2.24, 2.45) is 0 Å². The molecule has 0 aliphatic rings. The van der Waals surface area contributed by atoms with Crippen LogP contribution in [-0.4, -0.2) is 39.4 Å². The molecule has 0 radical (unpaired) electrons. The summed E-state index contributed by atoms with van der Waals surface area (Å²) in [5, 5.41) is 2.98. The fourth-order valence-corrected chi connectivity index (χ4v) is 4.12. The highest BCUT2D eigenvalue weighted by Crippen LogP contribution is 2.20. The minimum Gasteiger partial charge on any atom is -0.349 e. The summed E-state index contributed by atoms with van der Waals surface area (Å²) in [5.41, 5.74) is 4.93. The maximum absolute atomic E-state index is 12.8. The Morgan fingerprint density at radius 3 is 2.21 bits per heavy atom. The Hall–Kier alpha value is -3.93. The van der Waals surface area contributed by atoms with Gasteiger partial charge in [0, 0.05) is 13.1 Å². The standard InChI is InChI=1S/C28H30N4O2/c1-3-31(4-2)28(34)20-32-25-13-9-8-12-24(25)30-26(32)19-29-27(33)18-21-14-16-23(17-15-21)22-10-6-5-7-11-22/h5-17H,3-4,18-20H2,1-2H3,(H,29,33). The van der Waals surface area contributed by atoms with Gasteiger partial charge in [-0.05, 0) is 42.7 Å². The number of nitrogens with one attached hydrogen (secondary N) is 1. The summed E-state index contributed by atoms with van der Waals surface area (Å²) in [5.74, 6) is 0.634. The fourth-order valence-electron chi connectivity index (χ4n) is 4.12. The Bertz CT molecular complexity index is 1260. The van der Waals surface area contributed by atoms with Crippen LogP contribution in [0, 0.1) is 0 Å². The third-order valence-electron chi connectivity index (χ3n) is 6.01. The third-order valence-corrected chi connectivity index (χ3v) is 6.01. The summed E-state index contributed by atoms with van der Waals surface area (Å²) >= 11 is 0. The van der Waals surface area contributed by atoms with Crippen LogP contribution in [0.25, 0.3) is 22.2 Å². The van der Waals surface area contributed by atoms with Crippen molar-refractivity contribution in [3.63, 3.8) is 0 Å². The van der Waals surface area contributed by atoms with Crippen LogP contribution >= 0.6 is 0 Å². The lowest BCUT2D eigenvalue weighted by molar-refractivity contribution is -0.131. The Labute approximate surface area is 200 Å². The summed E-state index contributed by atoms with van der Waals surface area (Å²) in [6, 6.07) is 25.9. The van der Waals surface area contributed by atoms with E-state index in [1.54, 1.807) is 4.90 Å². The van der Waals surface area contributed by atoms with Gasteiger partial charge in [0.1, 0.15) is 12.4 Å². The van der Waals surface area contributed by atoms with E-state index >= 15 is 0 Å². The third kappa shape index (κ3) is 5.34. The number of carbonyl (C=O) groups is 2. The molecule has 4 rings (SSSR count). The van der Waals surface area contributed by atoms with Crippen LogP contribution in [0.1, 0.15) is 25.2 Å². The van der Waals surface area contributed by atoms with Gasteiger partial charge in [-0.15, -0.1) is 0 Å². The van der Waals surface area contributed by atoms with Gasteiger partial charge in [0.2, 0.25) is 11.8 Å². The van der Waals surface area contributed by atoms with E-state index < -0.39 is 0 Å². The van der Waals surface area contributed by atoms with Crippen molar-refractivity contribution < 1.29 is 9.59 Å². The molecule has 3 aromatic carbocycles. The second-order valence-electron chi connectivity index (χ2n) is 8.19. The van der Waals surface area contributed by atoms with E-state index in [0.29, 0.717) is 18.9 Å². The highest BCUT2D eigenvalue weighted by Gasteiger charge is 2.17. The number of likely N-dealkylation sites (N-methyl/N-ethyl adjacent to an activating group) is 1. The van der Waals surface area contributed by atoms with Crippen molar-refractivity contribution in [1.29, 1.82) is 0 Å². The van der Waals surface area contributed by atoms with Crippen molar-refractivity contribution in [2.75, 3.05) is 13.1 Å². The molecule has 1 N–H and O–H groups in total. The molecule has 6 nitrogen and oxygen atoms in total. The summed E-state index contributed by atoms with van der Waals surface area (Å²) < 4.78 is 1.91. The Morgan fingerprint density at radius 1 is 0.853 bits per heavy atom. The molecule has 0 bridgehead atoms. The zero-order valence-electron chi connectivity index (χ0n) is 19.7. The molecule has 2 amide bonds. The van der Waals surface area contributed by atoms with Gasteiger partial charge in [-0.1, -0.05) is 66.7 Å². The van der Waals surface area contributed by atoms with Crippen LogP contribution in [0.3, 0.4) is 0 Å². The van der Waals surface area contributed by atoms with Crippen LogP contribution in [-0.2, 0) is 29.1 Å². The van der Waals surface area contributed by atoms with E-state index in [1.807, 2.05) is 85.1 Å². The average molecular weight is 455 g/mol. The van der Waals surface area contributed by atoms with Crippen LogP contribution in [0.15, 0.2) is 78.9 Å². The Morgan fingerprint density at radius 2 is 1.50 bits per heavy atom. The van der Waals surface area contributed by atoms with Crippen LogP contribution < -0.4 is 5.32 Å². The van der Waals surface area contributed by atoms with E-state index in [9.17, 15) is 9.59 Å². The zero-order valence-corrected chi connectivity index (χ0v) is 19.7. The number of benzene rings is 3. The first-order valence-corrected chi connectivity index (χ1v) is 11.7. The predicted octanol–water partition coefficient (Wildman–Crippen LogP) is 4.43. The smallest absolute Gasteiger partial charge is 0.242 e. The largest absolute Gasteiger partial charge is 0.349 e. The first-order valence-electron chi connectivity index (χ1n) is 11.7. The van der Waals surface area contributed by atoms with Gasteiger partial charge in [-0.25, -0.2) is 4.98 Å². The second-order valence-corrected chi connectivity index (χ2v) is 8.19. The second kappa shape index (κ2) is 10.8. The number of aromatic nitrogens is 2. The van der Waals surface area contributed by atoms with E-state index in [0.717, 1.165) is 27.7 Å². The molecule has 0 fully saturated rings. The van der Waals surface area contributed by atoms with Gasteiger partial charge in [-0.3, -0.25) is 9.59 Å². The first kappa shape index (κ1) is 23.2. The molecule has 0 spiro atoms. The fraction of sp³-hybridized carbons (Fsp3) is 0.250. The van der Waals surface area contributed by atoms with Crippen molar-refractivity contribution in [3.05, 3.63) is 90.3 Å². The lowest BCUT2D eigenvalue weighted by Crippen LogP contribution is -2.34. The van der Waals surface area contributed by atoms with Crippen molar-refractivity contribution in [2.45, 2.75) is 33.4 Å². The first-order chi connectivity index (χ1) is 16.6. The molecule has 1 heterocycles. The molecule has 4 aromatic rings. The molecule has 0 unspecified atom stereocenters. The Kier molecular flexibility index (Phi) is 7.38.